The van der Waals surface area contributed by atoms with Crippen molar-refractivity contribution >= 4 is 0 Å². The Bertz CT molecular complexity index is 630. The van der Waals surface area contributed by atoms with Gasteiger partial charge in [-0.3, -0.25) is 4.90 Å². The van der Waals surface area contributed by atoms with Crippen molar-refractivity contribution in [3.8, 4) is 17.9 Å². The molecule has 0 radical (unpaired) electrons. The summed E-state index contributed by atoms with van der Waals surface area (Å²) in [5, 5.41) is 18.0. The molecule has 2 rings (SSSR count). The standard InChI is InChI=1S/C21H28N2O/c1-20(2,3)21(10-13-22)11-14-23(15-12-21)17-19-8-6-18(7-9-19)5-4-16-24/h6-9,24H,10-12,14-17H2,1-3H3. The lowest BCUT2D eigenvalue weighted by Crippen LogP contribution is -2.46. The van der Waals surface area contributed by atoms with Gasteiger partial charge in [0.15, 0.2) is 0 Å². The molecule has 1 aromatic rings. The number of likely N-dealkylation sites (tertiary alicyclic amines) is 1. The van der Waals surface area contributed by atoms with Gasteiger partial charge in [0, 0.05) is 18.5 Å². The average Bonchev–Trinajstić information content (AvgIpc) is 2.55. The molecule has 0 amide bonds. The highest BCUT2D eigenvalue weighted by Gasteiger charge is 2.43. The molecule has 0 saturated carbocycles. The number of aliphatic hydroxyl groups excluding tert-OH is 1. The second-order valence-electron chi connectivity index (χ2n) is 7.80. The third-order valence-electron chi connectivity index (χ3n) is 5.49. The minimum absolute atomic E-state index is 0.103. The fraction of sp³-hybridized carbons (Fsp3) is 0.571. The molecule has 0 spiro atoms. The van der Waals surface area contributed by atoms with Crippen molar-refractivity contribution in [2.45, 2.75) is 46.6 Å². The van der Waals surface area contributed by atoms with E-state index in [1.54, 1.807) is 0 Å². The maximum atomic E-state index is 9.25. The van der Waals surface area contributed by atoms with Crippen molar-refractivity contribution in [1.82, 2.24) is 4.90 Å². The van der Waals surface area contributed by atoms with Crippen molar-refractivity contribution in [2.24, 2.45) is 10.8 Å². The first-order chi connectivity index (χ1) is 11.4. The zero-order chi connectivity index (χ0) is 17.6. The van der Waals surface area contributed by atoms with Crippen LogP contribution >= 0.6 is 0 Å². The van der Waals surface area contributed by atoms with Crippen molar-refractivity contribution < 1.29 is 5.11 Å². The van der Waals surface area contributed by atoms with Crippen LogP contribution in [0.15, 0.2) is 24.3 Å². The normalized spacial score (nSPS) is 17.6. The van der Waals surface area contributed by atoms with E-state index in [4.69, 9.17) is 5.11 Å². The maximum absolute atomic E-state index is 9.25. The van der Waals surface area contributed by atoms with Gasteiger partial charge >= 0.3 is 0 Å². The summed E-state index contributed by atoms with van der Waals surface area (Å²) in [5.74, 6) is 5.59. The van der Waals surface area contributed by atoms with E-state index in [0.29, 0.717) is 6.42 Å². The Hall–Kier alpha value is -1.81. The molecule has 1 aliphatic heterocycles. The fourth-order valence-electron chi connectivity index (χ4n) is 3.58. The molecule has 3 heteroatoms. The lowest BCUT2D eigenvalue weighted by molar-refractivity contribution is 0.00711. The second-order valence-corrected chi connectivity index (χ2v) is 7.80. The van der Waals surface area contributed by atoms with E-state index in [2.05, 4.69) is 55.7 Å². The van der Waals surface area contributed by atoms with Crippen LogP contribution in [0.2, 0.25) is 0 Å². The molecule has 1 heterocycles. The van der Waals surface area contributed by atoms with Crippen LogP contribution in [0, 0.1) is 34.0 Å². The number of hydrogen-bond donors (Lipinski definition) is 1. The van der Waals surface area contributed by atoms with Gasteiger partial charge in [0.25, 0.3) is 0 Å². The molecule has 0 bridgehead atoms. The third-order valence-corrected chi connectivity index (χ3v) is 5.49. The third kappa shape index (κ3) is 4.38. The topological polar surface area (TPSA) is 47.3 Å². The molecule has 0 unspecified atom stereocenters. The number of rotatable bonds is 3. The molecule has 1 fully saturated rings. The van der Waals surface area contributed by atoms with Gasteiger partial charge in [-0.05, 0) is 54.5 Å². The lowest BCUT2D eigenvalue weighted by atomic mass is 9.60. The number of hydrogen-bond acceptors (Lipinski definition) is 3. The summed E-state index contributed by atoms with van der Waals surface area (Å²) in [6.07, 6.45) is 2.83. The van der Waals surface area contributed by atoms with Gasteiger partial charge < -0.3 is 5.11 Å². The molecule has 1 aliphatic rings. The van der Waals surface area contributed by atoms with E-state index >= 15 is 0 Å². The average molecular weight is 324 g/mol. The van der Waals surface area contributed by atoms with E-state index in [-0.39, 0.29) is 17.4 Å². The molecule has 24 heavy (non-hydrogen) atoms. The largest absolute Gasteiger partial charge is 0.384 e. The molecule has 128 valence electrons. The molecule has 0 aromatic heterocycles. The highest BCUT2D eigenvalue weighted by molar-refractivity contribution is 5.36. The Balaban J connectivity index is 1.96. The first-order valence-corrected chi connectivity index (χ1v) is 8.68. The van der Waals surface area contributed by atoms with Gasteiger partial charge in [0.2, 0.25) is 0 Å². The molecule has 1 saturated heterocycles. The Kier molecular flexibility index (Phi) is 6.05. The van der Waals surface area contributed by atoms with Crippen LogP contribution in [0.1, 0.15) is 51.2 Å². The monoisotopic (exact) mass is 324 g/mol. The van der Waals surface area contributed by atoms with Crippen molar-refractivity contribution in [3.63, 3.8) is 0 Å². The molecule has 1 aromatic carbocycles. The quantitative estimate of drug-likeness (QED) is 0.865. The number of aliphatic hydroxyl groups is 1. The zero-order valence-corrected chi connectivity index (χ0v) is 15.1. The van der Waals surface area contributed by atoms with Gasteiger partial charge in [0.1, 0.15) is 6.61 Å². The van der Waals surface area contributed by atoms with E-state index in [1.165, 1.54) is 5.56 Å². The lowest BCUT2D eigenvalue weighted by Gasteiger charge is -2.49. The van der Waals surface area contributed by atoms with Gasteiger partial charge in [-0.2, -0.15) is 5.26 Å². The summed E-state index contributed by atoms with van der Waals surface area (Å²) >= 11 is 0. The summed E-state index contributed by atoms with van der Waals surface area (Å²) in [6.45, 7) is 9.74. The van der Waals surface area contributed by atoms with Gasteiger partial charge in [-0.1, -0.05) is 44.7 Å². The van der Waals surface area contributed by atoms with Crippen LogP contribution in [-0.2, 0) is 6.54 Å². The predicted octanol–water partition coefficient (Wildman–Crippen LogP) is 3.57. The molecule has 0 atom stereocenters. The maximum Gasteiger partial charge on any atom is 0.104 e. The van der Waals surface area contributed by atoms with Crippen molar-refractivity contribution in [2.75, 3.05) is 19.7 Å². The van der Waals surface area contributed by atoms with Crippen LogP contribution in [0.5, 0.6) is 0 Å². The Morgan fingerprint density at radius 3 is 2.29 bits per heavy atom. The number of benzene rings is 1. The first-order valence-electron chi connectivity index (χ1n) is 8.68. The first kappa shape index (κ1) is 18.5. The highest BCUT2D eigenvalue weighted by atomic mass is 16.2. The van der Waals surface area contributed by atoms with Crippen molar-refractivity contribution in [1.29, 1.82) is 5.26 Å². The van der Waals surface area contributed by atoms with E-state index in [0.717, 1.165) is 38.0 Å². The summed E-state index contributed by atoms with van der Waals surface area (Å²) in [7, 11) is 0. The SMILES string of the molecule is CC(C)(C)C1(CC#N)CCN(Cc2ccc(C#CCO)cc2)CC1. The summed E-state index contributed by atoms with van der Waals surface area (Å²) in [6, 6.07) is 10.7. The van der Waals surface area contributed by atoms with Gasteiger partial charge in [-0.25, -0.2) is 0 Å². The number of nitrogens with zero attached hydrogens (tertiary/aromatic N) is 2. The summed E-state index contributed by atoms with van der Waals surface area (Å²) in [5.41, 5.74) is 2.53. The number of nitriles is 1. The van der Waals surface area contributed by atoms with Crippen LogP contribution in [-0.4, -0.2) is 29.7 Å². The highest BCUT2D eigenvalue weighted by Crippen LogP contribution is 2.49. The Labute approximate surface area is 146 Å². The smallest absolute Gasteiger partial charge is 0.104 e. The van der Waals surface area contributed by atoms with Crippen molar-refractivity contribution in [3.05, 3.63) is 35.4 Å². The molecular formula is C21H28N2O. The van der Waals surface area contributed by atoms with Crippen LogP contribution in [0.25, 0.3) is 0 Å². The van der Waals surface area contributed by atoms with E-state index < -0.39 is 0 Å². The fourth-order valence-corrected chi connectivity index (χ4v) is 3.58. The van der Waals surface area contributed by atoms with Crippen LogP contribution in [0.4, 0.5) is 0 Å². The van der Waals surface area contributed by atoms with Crippen LogP contribution in [0.3, 0.4) is 0 Å². The Morgan fingerprint density at radius 1 is 1.17 bits per heavy atom. The predicted molar refractivity (Wildman–Crippen MR) is 97.0 cm³/mol. The molecule has 1 N–H and O–H groups in total. The van der Waals surface area contributed by atoms with Gasteiger partial charge in [0.05, 0.1) is 6.07 Å². The van der Waals surface area contributed by atoms with E-state index in [1.807, 2.05) is 12.1 Å². The van der Waals surface area contributed by atoms with E-state index in [9.17, 15) is 5.26 Å². The number of piperidine rings is 1. The summed E-state index contributed by atoms with van der Waals surface area (Å²) in [4.78, 5) is 2.48. The summed E-state index contributed by atoms with van der Waals surface area (Å²) < 4.78 is 0. The minimum atomic E-state index is -0.103. The Morgan fingerprint density at radius 2 is 1.79 bits per heavy atom. The van der Waals surface area contributed by atoms with Crippen LogP contribution < -0.4 is 0 Å². The minimum Gasteiger partial charge on any atom is -0.384 e. The molecular weight excluding hydrogens is 296 g/mol. The molecule has 0 aliphatic carbocycles. The zero-order valence-electron chi connectivity index (χ0n) is 15.1. The molecule has 3 nitrogen and oxygen atoms in total. The second kappa shape index (κ2) is 7.84. The van der Waals surface area contributed by atoms with Gasteiger partial charge in [-0.15, -0.1) is 0 Å².